The van der Waals surface area contributed by atoms with Crippen LogP contribution in [0.4, 0.5) is 0 Å². The van der Waals surface area contributed by atoms with Crippen LogP contribution in [0.25, 0.3) is 0 Å². The van der Waals surface area contributed by atoms with Crippen molar-refractivity contribution in [2.45, 2.75) is 57.8 Å². The van der Waals surface area contributed by atoms with Gasteiger partial charge in [-0.3, -0.25) is 9.59 Å². The van der Waals surface area contributed by atoms with Gasteiger partial charge in [-0.25, -0.2) is 0 Å². The number of allylic oxidation sites excluding steroid dienone is 2. The fourth-order valence-electron chi connectivity index (χ4n) is 6.46. The molecule has 4 aliphatic carbocycles. The third kappa shape index (κ3) is 2.17. The highest BCUT2D eigenvalue weighted by molar-refractivity contribution is 5.92. The summed E-state index contributed by atoms with van der Waals surface area (Å²) in [6, 6.07) is 0. The summed E-state index contributed by atoms with van der Waals surface area (Å²) in [7, 11) is 0. The lowest BCUT2D eigenvalue weighted by atomic mass is 9.50. The van der Waals surface area contributed by atoms with Gasteiger partial charge in [0.25, 0.3) is 0 Å². The molecule has 126 valence electrons. The molecule has 0 bridgehead atoms. The molecule has 0 spiro atoms. The lowest BCUT2D eigenvalue weighted by molar-refractivity contribution is -0.132. The van der Waals surface area contributed by atoms with Crippen LogP contribution in [-0.4, -0.2) is 11.6 Å². The molecule has 2 nitrogen and oxygen atoms in total. The second-order valence-corrected chi connectivity index (χ2v) is 8.31. The number of terminal acetylenes is 1. The molecule has 0 heterocycles. The van der Waals surface area contributed by atoms with Gasteiger partial charge in [0.2, 0.25) is 0 Å². The summed E-state index contributed by atoms with van der Waals surface area (Å²) in [5, 5.41) is 0. The van der Waals surface area contributed by atoms with Gasteiger partial charge >= 0.3 is 0 Å². The van der Waals surface area contributed by atoms with E-state index in [1.54, 1.807) is 0 Å². The van der Waals surface area contributed by atoms with Crippen LogP contribution in [0.3, 0.4) is 0 Å². The first-order valence-corrected chi connectivity index (χ1v) is 9.46. The van der Waals surface area contributed by atoms with Crippen molar-refractivity contribution in [2.24, 2.45) is 29.1 Å². The van der Waals surface area contributed by atoms with Crippen molar-refractivity contribution in [1.82, 2.24) is 0 Å². The third-order valence-corrected chi connectivity index (χ3v) is 7.48. The van der Waals surface area contributed by atoms with Crippen molar-refractivity contribution in [3.05, 3.63) is 23.8 Å². The van der Waals surface area contributed by atoms with Crippen molar-refractivity contribution in [3.8, 4) is 12.3 Å². The summed E-state index contributed by atoms with van der Waals surface area (Å²) in [5.74, 6) is 5.65. The van der Waals surface area contributed by atoms with Gasteiger partial charge in [-0.2, -0.15) is 0 Å². The van der Waals surface area contributed by atoms with Crippen molar-refractivity contribution in [1.29, 1.82) is 0 Å². The highest BCUT2D eigenvalue weighted by Gasteiger charge is 2.58. The number of carbonyl (C=O) groups is 2. The molecule has 5 atom stereocenters. The summed E-state index contributed by atoms with van der Waals surface area (Å²) in [5.41, 5.74) is 2.23. The van der Waals surface area contributed by atoms with Gasteiger partial charge < -0.3 is 0 Å². The molecule has 0 aromatic heterocycles. The van der Waals surface area contributed by atoms with Crippen LogP contribution in [0, 0.1) is 41.4 Å². The van der Waals surface area contributed by atoms with Crippen LogP contribution in [-0.2, 0) is 9.59 Å². The van der Waals surface area contributed by atoms with Crippen LogP contribution in [0.15, 0.2) is 23.8 Å². The Hall–Kier alpha value is -1.62. The summed E-state index contributed by atoms with van der Waals surface area (Å²) in [4.78, 5) is 24.6. The predicted octanol–water partition coefficient (Wildman–Crippen LogP) is 4.26. The molecule has 0 N–H and O–H groups in total. The number of ketones is 2. The zero-order valence-corrected chi connectivity index (χ0v) is 14.4. The van der Waals surface area contributed by atoms with E-state index in [4.69, 9.17) is 6.42 Å². The Balaban J connectivity index is 1.67. The van der Waals surface area contributed by atoms with Gasteiger partial charge in [0, 0.05) is 24.7 Å². The fourth-order valence-corrected chi connectivity index (χ4v) is 6.46. The Morgan fingerprint density at radius 1 is 1.21 bits per heavy atom. The average molecular weight is 322 g/mol. The minimum absolute atomic E-state index is 0.153. The summed E-state index contributed by atoms with van der Waals surface area (Å²) >= 11 is 0. The van der Waals surface area contributed by atoms with E-state index in [2.05, 4.69) is 12.5 Å². The van der Waals surface area contributed by atoms with Gasteiger partial charge in [-0.1, -0.05) is 12.2 Å². The van der Waals surface area contributed by atoms with Crippen LogP contribution >= 0.6 is 0 Å². The Labute approximate surface area is 144 Å². The molecule has 0 aliphatic heterocycles. The van der Waals surface area contributed by atoms with Crippen LogP contribution in [0.5, 0.6) is 0 Å². The molecule has 24 heavy (non-hydrogen) atoms. The average Bonchev–Trinajstić information content (AvgIpc) is 2.91. The minimum atomic E-state index is -0.153. The van der Waals surface area contributed by atoms with E-state index in [-0.39, 0.29) is 11.2 Å². The molecule has 0 radical (unpaired) electrons. The van der Waals surface area contributed by atoms with Crippen LogP contribution < -0.4 is 0 Å². The smallest absolute Gasteiger partial charge is 0.156 e. The zero-order chi connectivity index (χ0) is 16.9. The molecule has 2 heteroatoms. The molecule has 3 fully saturated rings. The third-order valence-electron chi connectivity index (χ3n) is 7.48. The normalized spacial score (nSPS) is 41.1. The van der Waals surface area contributed by atoms with Crippen molar-refractivity contribution in [3.63, 3.8) is 0 Å². The number of Topliss-reactive ketones (excluding diaryl/α,β-unsaturated/α-hetero) is 1. The summed E-state index contributed by atoms with van der Waals surface area (Å²) < 4.78 is 0. The van der Waals surface area contributed by atoms with E-state index in [0.29, 0.717) is 42.3 Å². The number of carbonyl (C=O) groups excluding carboxylic acids is 2. The van der Waals surface area contributed by atoms with E-state index in [9.17, 15) is 9.59 Å². The van der Waals surface area contributed by atoms with E-state index < -0.39 is 0 Å². The number of hydrogen-bond acceptors (Lipinski definition) is 2. The molecule has 0 unspecified atom stereocenters. The largest absolute Gasteiger partial charge is 0.299 e. The van der Waals surface area contributed by atoms with E-state index in [1.807, 2.05) is 6.08 Å². The molecule has 4 aliphatic rings. The Morgan fingerprint density at radius 2 is 2.04 bits per heavy atom. The fraction of sp³-hybridized carbons (Fsp3) is 0.636. The highest BCUT2D eigenvalue weighted by Crippen LogP contribution is 2.62. The quantitative estimate of drug-likeness (QED) is 0.712. The molecule has 0 saturated heterocycles. The number of hydrogen-bond donors (Lipinski definition) is 0. The van der Waals surface area contributed by atoms with E-state index >= 15 is 0 Å². The zero-order valence-electron chi connectivity index (χ0n) is 14.4. The van der Waals surface area contributed by atoms with E-state index in [0.717, 1.165) is 50.5 Å². The second kappa shape index (κ2) is 5.73. The summed E-state index contributed by atoms with van der Waals surface area (Å²) in [6.45, 7) is 4.30. The van der Waals surface area contributed by atoms with Crippen molar-refractivity contribution in [2.75, 3.05) is 0 Å². The van der Waals surface area contributed by atoms with Crippen molar-refractivity contribution >= 4 is 11.6 Å². The maximum absolute atomic E-state index is 12.8. The Morgan fingerprint density at radius 3 is 2.83 bits per heavy atom. The van der Waals surface area contributed by atoms with E-state index in [1.165, 1.54) is 5.57 Å². The SMILES string of the molecule is C#CCC[C@]12CC[C@H]3[C@@H](CC(=C)C4=CC(=O)CC[C@@H]43)[C@@H]1CCC2=O. The first kappa shape index (κ1) is 15.9. The van der Waals surface area contributed by atoms with Crippen LogP contribution in [0.1, 0.15) is 57.8 Å². The highest BCUT2D eigenvalue weighted by atomic mass is 16.1. The number of rotatable bonds is 2. The monoisotopic (exact) mass is 322 g/mol. The summed E-state index contributed by atoms with van der Waals surface area (Å²) in [6.07, 6.45) is 15.5. The van der Waals surface area contributed by atoms with Gasteiger partial charge in [0.15, 0.2) is 5.78 Å². The predicted molar refractivity (Wildman–Crippen MR) is 94.0 cm³/mol. The lowest BCUT2D eigenvalue weighted by Gasteiger charge is -2.53. The first-order valence-electron chi connectivity index (χ1n) is 9.46. The van der Waals surface area contributed by atoms with Crippen LogP contribution in [0.2, 0.25) is 0 Å². The maximum atomic E-state index is 12.8. The Kier molecular flexibility index (Phi) is 3.79. The number of fused-ring (bicyclic) bond motifs is 5. The second-order valence-electron chi connectivity index (χ2n) is 8.31. The van der Waals surface area contributed by atoms with Gasteiger partial charge in [-0.05, 0) is 73.8 Å². The topological polar surface area (TPSA) is 34.1 Å². The minimum Gasteiger partial charge on any atom is -0.299 e. The van der Waals surface area contributed by atoms with Gasteiger partial charge in [0.1, 0.15) is 5.78 Å². The standard InChI is InChI=1S/C22H26O2/c1-3-4-10-22-11-9-17-16-6-5-15(23)13-18(16)14(2)12-19(17)20(22)7-8-21(22)24/h1,13,16-17,19-20H,2,4-12H2/t16-,17-,19-,20+,22+/m1/s1. The maximum Gasteiger partial charge on any atom is 0.156 e. The first-order chi connectivity index (χ1) is 11.6. The molecule has 0 amide bonds. The molecule has 3 saturated carbocycles. The van der Waals surface area contributed by atoms with Gasteiger partial charge in [-0.15, -0.1) is 12.3 Å². The Bertz CT molecular complexity index is 677. The lowest BCUT2D eigenvalue weighted by Crippen LogP contribution is -2.48. The van der Waals surface area contributed by atoms with Gasteiger partial charge in [0.05, 0.1) is 0 Å². The molecule has 0 aromatic rings. The molecular formula is C22H26O2. The molecule has 0 aromatic carbocycles. The molecule has 4 rings (SSSR count). The molecular weight excluding hydrogens is 296 g/mol. The van der Waals surface area contributed by atoms with Crippen molar-refractivity contribution < 1.29 is 9.59 Å².